The summed E-state index contributed by atoms with van der Waals surface area (Å²) in [5.74, 6) is -0.962. The Hall–Kier alpha value is -2.33. The lowest BCUT2D eigenvalue weighted by molar-refractivity contribution is 0.0697. The van der Waals surface area contributed by atoms with Gasteiger partial charge in [-0.25, -0.2) is 4.79 Å². The van der Waals surface area contributed by atoms with Crippen LogP contribution in [0.2, 0.25) is 5.02 Å². The molecule has 0 radical (unpaired) electrons. The van der Waals surface area contributed by atoms with E-state index in [1.165, 1.54) is 0 Å². The number of nitrogens with zero attached hydrogens (tertiary/aromatic N) is 1. The molecule has 5 heteroatoms. The molecule has 0 saturated carbocycles. The smallest absolute Gasteiger partial charge is 0.335 e. The zero-order valence-electron chi connectivity index (χ0n) is 9.72. The minimum atomic E-state index is -0.962. The Morgan fingerprint density at radius 1 is 1.21 bits per heavy atom. The fourth-order valence-electron chi connectivity index (χ4n) is 2.01. The van der Waals surface area contributed by atoms with Crippen LogP contribution in [-0.4, -0.2) is 21.3 Å². The normalized spacial score (nSPS) is 10.8. The van der Waals surface area contributed by atoms with Crippen molar-refractivity contribution in [2.24, 2.45) is 0 Å². The Morgan fingerprint density at radius 3 is 2.74 bits per heavy atom. The molecule has 19 heavy (non-hydrogen) atoms. The van der Waals surface area contributed by atoms with Crippen LogP contribution < -0.4 is 0 Å². The lowest BCUT2D eigenvalue weighted by Crippen LogP contribution is -1.94. The molecule has 1 aromatic heterocycles. The second kappa shape index (κ2) is 4.40. The maximum atomic E-state index is 10.9. The van der Waals surface area contributed by atoms with Crippen molar-refractivity contribution in [3.05, 3.63) is 53.1 Å². The van der Waals surface area contributed by atoms with E-state index in [-0.39, 0.29) is 5.56 Å². The summed E-state index contributed by atoms with van der Waals surface area (Å²) in [6, 6.07) is 12.3. The summed E-state index contributed by atoms with van der Waals surface area (Å²) in [5, 5.41) is 17.5. The van der Waals surface area contributed by atoms with Gasteiger partial charge in [0, 0.05) is 10.9 Å². The predicted molar refractivity (Wildman–Crippen MR) is 73.5 cm³/mol. The van der Waals surface area contributed by atoms with E-state index in [0.29, 0.717) is 10.5 Å². The first-order valence-corrected chi connectivity index (χ1v) is 6.01. The van der Waals surface area contributed by atoms with E-state index in [2.05, 4.69) is 10.2 Å². The van der Waals surface area contributed by atoms with Crippen LogP contribution in [-0.2, 0) is 0 Å². The number of nitrogens with one attached hydrogen (secondary N) is 1. The third kappa shape index (κ3) is 1.96. The number of aromatic carboxylic acids is 1. The first-order chi connectivity index (χ1) is 9.16. The number of hydrogen-bond acceptors (Lipinski definition) is 2. The number of hydrogen-bond donors (Lipinski definition) is 2. The molecular formula is C14H9ClN2O2. The van der Waals surface area contributed by atoms with E-state index in [0.717, 1.165) is 16.6 Å². The van der Waals surface area contributed by atoms with Gasteiger partial charge in [-0.3, -0.25) is 5.10 Å². The molecule has 0 spiro atoms. The predicted octanol–water partition coefficient (Wildman–Crippen LogP) is 3.58. The van der Waals surface area contributed by atoms with Crippen molar-refractivity contribution in [1.82, 2.24) is 10.2 Å². The zero-order valence-corrected chi connectivity index (χ0v) is 10.5. The number of benzene rings is 2. The van der Waals surface area contributed by atoms with Crippen molar-refractivity contribution in [2.75, 3.05) is 0 Å². The van der Waals surface area contributed by atoms with Gasteiger partial charge in [-0.15, -0.1) is 0 Å². The summed E-state index contributed by atoms with van der Waals surface area (Å²) >= 11 is 6.15. The van der Waals surface area contributed by atoms with E-state index in [4.69, 9.17) is 16.7 Å². The summed E-state index contributed by atoms with van der Waals surface area (Å²) in [4.78, 5) is 10.9. The molecule has 0 saturated heterocycles. The minimum absolute atomic E-state index is 0.224. The standard InChI is InChI=1S/C14H9ClN2O2/c15-11-4-2-1-3-9(11)13-10-6-5-8(14(18)19)7-12(10)16-17-13/h1-7H,(H,16,17)(H,18,19). The SMILES string of the molecule is O=C(O)c1ccc2c(-c3ccccc3Cl)n[nH]c2c1. The average Bonchev–Trinajstić information content (AvgIpc) is 2.82. The molecule has 2 aromatic carbocycles. The van der Waals surface area contributed by atoms with Crippen LogP contribution in [0.15, 0.2) is 42.5 Å². The van der Waals surface area contributed by atoms with Crippen molar-refractivity contribution in [1.29, 1.82) is 0 Å². The maximum Gasteiger partial charge on any atom is 0.335 e. The monoisotopic (exact) mass is 272 g/mol. The van der Waals surface area contributed by atoms with Gasteiger partial charge in [0.25, 0.3) is 0 Å². The van der Waals surface area contributed by atoms with Crippen molar-refractivity contribution in [3.63, 3.8) is 0 Å². The fourth-order valence-corrected chi connectivity index (χ4v) is 2.24. The molecule has 0 aliphatic heterocycles. The van der Waals surface area contributed by atoms with Crippen LogP contribution in [0, 0.1) is 0 Å². The highest BCUT2D eigenvalue weighted by atomic mass is 35.5. The summed E-state index contributed by atoms with van der Waals surface area (Å²) < 4.78 is 0. The molecule has 0 atom stereocenters. The number of carboxylic acid groups (broad SMARTS) is 1. The van der Waals surface area contributed by atoms with Crippen molar-refractivity contribution in [3.8, 4) is 11.3 Å². The highest BCUT2D eigenvalue weighted by Crippen LogP contribution is 2.31. The van der Waals surface area contributed by atoms with Crippen LogP contribution in [0.4, 0.5) is 0 Å². The molecule has 4 nitrogen and oxygen atoms in total. The molecule has 0 unspecified atom stereocenters. The number of carboxylic acids is 1. The fraction of sp³-hybridized carbons (Fsp3) is 0. The van der Waals surface area contributed by atoms with Crippen molar-refractivity contribution in [2.45, 2.75) is 0 Å². The van der Waals surface area contributed by atoms with Gasteiger partial charge in [-0.2, -0.15) is 5.10 Å². The third-order valence-electron chi connectivity index (χ3n) is 2.94. The van der Waals surface area contributed by atoms with Crippen LogP contribution in [0.25, 0.3) is 22.2 Å². The van der Waals surface area contributed by atoms with E-state index in [1.54, 1.807) is 24.3 Å². The second-order valence-electron chi connectivity index (χ2n) is 4.12. The van der Waals surface area contributed by atoms with Gasteiger partial charge in [-0.05, 0) is 24.3 Å². The Bertz CT molecular complexity index is 780. The van der Waals surface area contributed by atoms with Crippen LogP contribution in [0.1, 0.15) is 10.4 Å². The molecular weight excluding hydrogens is 264 g/mol. The largest absolute Gasteiger partial charge is 0.478 e. The van der Waals surface area contributed by atoms with Crippen LogP contribution in [0.3, 0.4) is 0 Å². The van der Waals surface area contributed by atoms with Gasteiger partial charge < -0.3 is 5.11 Å². The van der Waals surface area contributed by atoms with Crippen LogP contribution >= 0.6 is 11.6 Å². The van der Waals surface area contributed by atoms with Crippen molar-refractivity contribution < 1.29 is 9.90 Å². The molecule has 0 bridgehead atoms. The van der Waals surface area contributed by atoms with Gasteiger partial charge in [0.15, 0.2) is 0 Å². The Morgan fingerprint density at radius 2 is 2.00 bits per heavy atom. The Kier molecular flexibility index (Phi) is 2.72. The number of aromatic amines is 1. The topological polar surface area (TPSA) is 66.0 Å². The lowest BCUT2D eigenvalue weighted by atomic mass is 10.1. The van der Waals surface area contributed by atoms with Gasteiger partial charge in [-0.1, -0.05) is 29.8 Å². The van der Waals surface area contributed by atoms with E-state index in [1.807, 2.05) is 18.2 Å². The number of fused-ring (bicyclic) bond motifs is 1. The molecule has 2 N–H and O–H groups in total. The maximum absolute atomic E-state index is 10.9. The summed E-state index contributed by atoms with van der Waals surface area (Å²) in [7, 11) is 0. The quantitative estimate of drug-likeness (QED) is 0.749. The number of rotatable bonds is 2. The van der Waals surface area contributed by atoms with Gasteiger partial charge in [0.1, 0.15) is 5.69 Å². The molecule has 94 valence electrons. The molecule has 0 fully saturated rings. The molecule has 3 aromatic rings. The third-order valence-corrected chi connectivity index (χ3v) is 3.27. The number of carbonyl (C=O) groups is 1. The number of H-pyrrole nitrogens is 1. The first-order valence-electron chi connectivity index (χ1n) is 5.63. The summed E-state index contributed by atoms with van der Waals surface area (Å²) in [6.07, 6.45) is 0. The Balaban J connectivity index is 2.22. The second-order valence-corrected chi connectivity index (χ2v) is 4.52. The molecule has 0 aliphatic carbocycles. The number of halogens is 1. The Labute approximate surface area is 113 Å². The molecule has 0 aliphatic rings. The summed E-state index contributed by atoms with van der Waals surface area (Å²) in [5.41, 5.74) is 2.44. The van der Waals surface area contributed by atoms with Gasteiger partial charge in [0.2, 0.25) is 0 Å². The van der Waals surface area contributed by atoms with E-state index >= 15 is 0 Å². The van der Waals surface area contributed by atoms with E-state index in [9.17, 15) is 4.79 Å². The molecule has 3 rings (SSSR count). The van der Waals surface area contributed by atoms with Crippen LogP contribution in [0.5, 0.6) is 0 Å². The van der Waals surface area contributed by atoms with E-state index < -0.39 is 5.97 Å². The lowest BCUT2D eigenvalue weighted by Gasteiger charge is -2.01. The number of aromatic nitrogens is 2. The van der Waals surface area contributed by atoms with Gasteiger partial charge >= 0.3 is 5.97 Å². The first kappa shape index (κ1) is 11.7. The minimum Gasteiger partial charge on any atom is -0.478 e. The molecule has 1 heterocycles. The summed E-state index contributed by atoms with van der Waals surface area (Å²) in [6.45, 7) is 0. The highest BCUT2D eigenvalue weighted by Gasteiger charge is 2.12. The highest BCUT2D eigenvalue weighted by molar-refractivity contribution is 6.33. The average molecular weight is 273 g/mol. The van der Waals surface area contributed by atoms with Crippen molar-refractivity contribution >= 4 is 28.5 Å². The molecule has 0 amide bonds. The zero-order chi connectivity index (χ0) is 13.4. The van der Waals surface area contributed by atoms with Gasteiger partial charge in [0.05, 0.1) is 16.1 Å².